The molecule has 11 heteroatoms. The topological polar surface area (TPSA) is 121 Å². The van der Waals surface area contributed by atoms with Gasteiger partial charge in [0.1, 0.15) is 0 Å². The molecule has 0 radical (unpaired) electrons. The van der Waals surface area contributed by atoms with Crippen LogP contribution in [0.5, 0.6) is 0 Å². The third-order valence-electron chi connectivity index (χ3n) is 2.46. The van der Waals surface area contributed by atoms with Crippen LogP contribution in [0, 0.1) is 0 Å². The van der Waals surface area contributed by atoms with E-state index < -0.39 is 13.4 Å². The molecule has 0 heterocycles. The van der Waals surface area contributed by atoms with Crippen molar-refractivity contribution < 1.29 is 48.8 Å². The van der Waals surface area contributed by atoms with Gasteiger partial charge in [-0.25, -0.2) is 0 Å². The summed E-state index contributed by atoms with van der Waals surface area (Å²) in [7, 11) is 0. The van der Waals surface area contributed by atoms with E-state index >= 15 is 0 Å². The van der Waals surface area contributed by atoms with Crippen LogP contribution in [0.2, 0.25) is 0 Å². The molecule has 0 aromatic heterocycles. The molecule has 6 nitrogen and oxygen atoms in total. The van der Waals surface area contributed by atoms with Crippen LogP contribution >= 0.6 is 13.4 Å². The normalized spacial score (nSPS) is 9.48. The molecule has 0 unspecified atom stereocenters. The summed E-state index contributed by atoms with van der Waals surface area (Å²) >= 11 is 7.21. The van der Waals surface area contributed by atoms with Crippen LogP contribution in [0.1, 0.15) is 106 Å². The van der Waals surface area contributed by atoms with Gasteiger partial charge in [-0.2, -0.15) is 0 Å². The second-order valence-corrected chi connectivity index (χ2v) is 10.4. The van der Waals surface area contributed by atoms with Gasteiger partial charge in [-0.15, -0.1) is 0 Å². The van der Waals surface area contributed by atoms with Crippen molar-refractivity contribution in [2.45, 2.75) is 106 Å². The van der Waals surface area contributed by atoms with E-state index in [2.05, 4.69) is 65.2 Å². The molecular formula is C16H44O6P2S2Zn. The molecule has 6 N–H and O–H groups in total. The Kier molecular flexibility index (Phi) is 55.6. The summed E-state index contributed by atoms with van der Waals surface area (Å²) in [5, 5.41) is 0. The summed E-state index contributed by atoms with van der Waals surface area (Å²) < 4.78 is 0. The maximum Gasteiger partial charge on any atom is 0.319 e. The molecule has 0 aromatic carbocycles. The molecule has 0 saturated carbocycles. The molecule has 0 aliphatic carbocycles. The molecule has 0 atom stereocenters. The van der Waals surface area contributed by atoms with Gasteiger partial charge in [-0.1, -0.05) is 106 Å². The van der Waals surface area contributed by atoms with Crippen molar-refractivity contribution in [3.63, 3.8) is 0 Å². The monoisotopic (exact) mass is 522 g/mol. The van der Waals surface area contributed by atoms with Gasteiger partial charge in [0.15, 0.2) is 0 Å². The van der Waals surface area contributed by atoms with E-state index in [0.717, 1.165) is 0 Å². The SMILES string of the molecule is CCCC.CCCC.CCCCCCCC.OP(O)(O)=S.OP(O)(O)=S.[Zn]. The Labute approximate surface area is 191 Å². The first-order valence-electron chi connectivity index (χ1n) is 9.31. The molecule has 0 bridgehead atoms. The Morgan fingerprint density at radius 1 is 0.444 bits per heavy atom. The van der Waals surface area contributed by atoms with Crippen molar-refractivity contribution >= 4 is 37.1 Å². The Morgan fingerprint density at radius 3 is 0.667 bits per heavy atom. The molecule has 168 valence electrons. The minimum atomic E-state index is -3.81. The zero-order valence-electron chi connectivity index (χ0n) is 18.2. The van der Waals surface area contributed by atoms with Gasteiger partial charge in [0.2, 0.25) is 0 Å². The average Bonchev–Trinajstić information content (AvgIpc) is 2.49. The maximum absolute atomic E-state index is 7.56. The fourth-order valence-electron chi connectivity index (χ4n) is 0.854. The largest absolute Gasteiger partial charge is 0.325 e. The van der Waals surface area contributed by atoms with Crippen molar-refractivity contribution in [1.82, 2.24) is 0 Å². The van der Waals surface area contributed by atoms with Gasteiger partial charge in [-0.05, 0) is 23.6 Å². The Bertz CT molecular complexity index is 265. The van der Waals surface area contributed by atoms with Crippen molar-refractivity contribution in [2.24, 2.45) is 0 Å². The van der Waals surface area contributed by atoms with E-state index in [1.54, 1.807) is 0 Å². The molecule has 0 amide bonds. The quantitative estimate of drug-likeness (QED) is 0.150. The van der Waals surface area contributed by atoms with Crippen LogP contribution in [0.4, 0.5) is 0 Å². The molecule has 0 aromatic rings. The molecular weight excluding hydrogens is 480 g/mol. The summed E-state index contributed by atoms with van der Waals surface area (Å²) in [5.41, 5.74) is 0. The Hall–Kier alpha value is 1.68. The van der Waals surface area contributed by atoms with Gasteiger partial charge in [0.05, 0.1) is 0 Å². The van der Waals surface area contributed by atoms with E-state index in [1.807, 2.05) is 0 Å². The van der Waals surface area contributed by atoms with E-state index in [0.29, 0.717) is 0 Å². The average molecular weight is 524 g/mol. The summed E-state index contributed by atoms with van der Waals surface area (Å²) in [4.78, 5) is 45.3. The van der Waals surface area contributed by atoms with Crippen LogP contribution in [-0.4, -0.2) is 29.4 Å². The van der Waals surface area contributed by atoms with Crippen LogP contribution in [-0.2, 0) is 43.1 Å². The second kappa shape index (κ2) is 35.1. The molecule has 27 heavy (non-hydrogen) atoms. The van der Waals surface area contributed by atoms with Crippen molar-refractivity contribution in [3.05, 3.63) is 0 Å². The Morgan fingerprint density at radius 2 is 0.593 bits per heavy atom. The van der Waals surface area contributed by atoms with Crippen LogP contribution in [0.15, 0.2) is 0 Å². The fourth-order valence-corrected chi connectivity index (χ4v) is 0.854. The number of hydrogen-bond donors (Lipinski definition) is 6. The zero-order chi connectivity index (χ0) is 22.1. The van der Waals surface area contributed by atoms with Gasteiger partial charge < -0.3 is 29.4 Å². The maximum atomic E-state index is 7.56. The number of hydrogen-bond acceptors (Lipinski definition) is 2. The summed E-state index contributed by atoms with van der Waals surface area (Å²) in [6.07, 6.45) is 13.8. The van der Waals surface area contributed by atoms with E-state index in [-0.39, 0.29) is 19.5 Å². The Balaban J connectivity index is -0.0000000521. The summed E-state index contributed by atoms with van der Waals surface area (Å²) in [6.45, 7) is 5.62. The predicted molar refractivity (Wildman–Crippen MR) is 122 cm³/mol. The molecule has 0 aliphatic rings. The van der Waals surface area contributed by atoms with Crippen molar-refractivity contribution in [3.8, 4) is 0 Å². The van der Waals surface area contributed by atoms with Crippen molar-refractivity contribution in [1.29, 1.82) is 0 Å². The van der Waals surface area contributed by atoms with E-state index in [4.69, 9.17) is 29.4 Å². The third-order valence-corrected chi connectivity index (χ3v) is 2.46. The first-order chi connectivity index (χ1) is 11.7. The molecule has 0 saturated heterocycles. The minimum Gasteiger partial charge on any atom is -0.325 e. The van der Waals surface area contributed by atoms with E-state index in [1.165, 1.54) is 64.2 Å². The summed E-state index contributed by atoms with van der Waals surface area (Å²) in [6, 6.07) is 0. The molecule has 0 rings (SSSR count). The predicted octanol–water partition coefficient (Wildman–Crippen LogP) is 5.35. The molecule has 0 spiro atoms. The number of rotatable bonds is 7. The summed E-state index contributed by atoms with van der Waals surface area (Å²) in [5.74, 6) is 0. The van der Waals surface area contributed by atoms with Crippen molar-refractivity contribution in [2.75, 3.05) is 0 Å². The zero-order valence-corrected chi connectivity index (χ0v) is 24.6. The first-order valence-corrected chi connectivity index (χ1v) is 14.6. The van der Waals surface area contributed by atoms with Gasteiger partial charge in [0, 0.05) is 19.5 Å². The van der Waals surface area contributed by atoms with Gasteiger partial charge in [-0.3, -0.25) is 0 Å². The first kappa shape index (κ1) is 42.7. The molecule has 0 fully saturated rings. The van der Waals surface area contributed by atoms with Gasteiger partial charge >= 0.3 is 13.4 Å². The van der Waals surface area contributed by atoms with Crippen LogP contribution < -0.4 is 0 Å². The standard InChI is InChI=1S/C8H18.2C4H10.2H3O3PS.Zn/c1-3-5-7-8-6-4-2;2*1-3-4-2;2*1-4(2,3)5;/h3-8H2,1-2H3;2*3-4H2,1-2H3;2*(H3,1,2,3,5);. The third kappa shape index (κ3) is 242. The minimum absolute atomic E-state index is 0. The second-order valence-electron chi connectivity index (χ2n) is 5.44. The molecule has 0 aliphatic heterocycles. The smallest absolute Gasteiger partial charge is 0.319 e. The van der Waals surface area contributed by atoms with Gasteiger partial charge in [0.25, 0.3) is 0 Å². The van der Waals surface area contributed by atoms with Crippen LogP contribution in [0.3, 0.4) is 0 Å². The fraction of sp³-hybridized carbons (Fsp3) is 1.00. The van der Waals surface area contributed by atoms with Crippen LogP contribution in [0.25, 0.3) is 0 Å². The number of unbranched alkanes of at least 4 members (excludes halogenated alkanes) is 7. The van der Waals surface area contributed by atoms with E-state index in [9.17, 15) is 0 Å².